The molecule has 2 heterocycles. The molecule has 27 heavy (non-hydrogen) atoms. The average molecular weight is 416 g/mol. The van der Waals surface area contributed by atoms with Crippen LogP contribution in [0.1, 0.15) is 16.8 Å². The minimum atomic E-state index is -0.198. The van der Waals surface area contributed by atoms with Crippen molar-refractivity contribution in [1.29, 1.82) is 0 Å². The summed E-state index contributed by atoms with van der Waals surface area (Å²) < 4.78 is 1.66. The summed E-state index contributed by atoms with van der Waals surface area (Å²) in [7, 11) is 0. The van der Waals surface area contributed by atoms with Gasteiger partial charge in [0.25, 0.3) is 5.91 Å². The zero-order valence-electron chi connectivity index (χ0n) is 14.5. The summed E-state index contributed by atoms with van der Waals surface area (Å²) in [5.41, 5.74) is 5.67. The van der Waals surface area contributed by atoms with Gasteiger partial charge in [-0.2, -0.15) is 5.10 Å². The largest absolute Gasteiger partial charge is 0.272 e. The number of rotatable bonds is 8. The molecule has 0 atom stereocenters. The maximum absolute atomic E-state index is 11.8. The Kier molecular flexibility index (Phi) is 7.37. The van der Waals surface area contributed by atoms with Crippen LogP contribution in [0.2, 0.25) is 0 Å². The summed E-state index contributed by atoms with van der Waals surface area (Å²) >= 11 is 4.49. The van der Waals surface area contributed by atoms with Gasteiger partial charge < -0.3 is 0 Å². The number of nitrogens with one attached hydrogen (secondary N) is 1. The van der Waals surface area contributed by atoms with Gasteiger partial charge in [-0.3, -0.25) is 9.78 Å². The molecule has 1 aromatic carbocycles. The number of thioether (sulfide) groups is 2. The minimum Gasteiger partial charge on any atom is -0.272 e. The van der Waals surface area contributed by atoms with Crippen molar-refractivity contribution in [2.45, 2.75) is 21.4 Å². The Morgan fingerprint density at radius 3 is 2.67 bits per heavy atom. The molecule has 0 unspecified atom stereocenters. The summed E-state index contributed by atoms with van der Waals surface area (Å²) in [5.74, 6) is 0.885. The van der Waals surface area contributed by atoms with Crippen LogP contribution in [0.4, 0.5) is 0 Å². The van der Waals surface area contributed by atoms with Crippen molar-refractivity contribution < 1.29 is 4.79 Å². The molecule has 0 aliphatic rings. The van der Waals surface area contributed by atoms with Crippen LogP contribution in [-0.2, 0) is 10.5 Å². The molecule has 6 nitrogen and oxygen atoms in total. The van der Waals surface area contributed by atoms with Crippen molar-refractivity contribution >= 4 is 47.0 Å². The Bertz CT molecular complexity index is 897. The van der Waals surface area contributed by atoms with Gasteiger partial charge in [0.1, 0.15) is 0 Å². The first-order valence-electron chi connectivity index (χ1n) is 8.06. The maximum atomic E-state index is 11.8. The number of amides is 1. The highest BCUT2D eigenvalue weighted by Crippen LogP contribution is 2.30. The van der Waals surface area contributed by atoms with Crippen LogP contribution in [0, 0.1) is 6.92 Å². The first-order valence-corrected chi connectivity index (χ1v) is 10.9. The lowest BCUT2D eigenvalue weighted by Gasteiger charge is -1.99. The molecule has 3 rings (SSSR count). The number of aromatic nitrogens is 3. The second kappa shape index (κ2) is 10.2. The van der Waals surface area contributed by atoms with Crippen molar-refractivity contribution in [3.8, 4) is 0 Å². The Morgan fingerprint density at radius 1 is 1.15 bits per heavy atom. The fraction of sp³-hybridized carbons (Fsp3) is 0.167. The van der Waals surface area contributed by atoms with E-state index in [1.807, 2.05) is 12.1 Å². The SMILES string of the molecule is Cc1ccc(CSc2nnc(SCC(=O)N/N=C/c3ccccn3)s2)cc1. The molecule has 0 fully saturated rings. The third kappa shape index (κ3) is 6.78. The van der Waals surface area contributed by atoms with E-state index in [2.05, 4.69) is 56.9 Å². The number of aryl methyl sites for hydroxylation is 1. The van der Waals surface area contributed by atoms with Gasteiger partial charge in [-0.05, 0) is 24.6 Å². The van der Waals surface area contributed by atoms with Crippen molar-refractivity contribution in [1.82, 2.24) is 20.6 Å². The minimum absolute atomic E-state index is 0.198. The Balaban J connectivity index is 1.40. The van der Waals surface area contributed by atoms with Crippen LogP contribution >= 0.6 is 34.9 Å². The molecule has 1 amide bonds. The predicted molar refractivity (Wildman–Crippen MR) is 111 cm³/mol. The lowest BCUT2D eigenvalue weighted by molar-refractivity contribution is -0.118. The van der Waals surface area contributed by atoms with Crippen LogP contribution in [-0.4, -0.2) is 33.1 Å². The van der Waals surface area contributed by atoms with Crippen LogP contribution in [0.3, 0.4) is 0 Å². The van der Waals surface area contributed by atoms with Crippen molar-refractivity contribution in [3.05, 3.63) is 65.5 Å². The van der Waals surface area contributed by atoms with Crippen LogP contribution in [0.5, 0.6) is 0 Å². The molecule has 1 N–H and O–H groups in total. The summed E-state index contributed by atoms with van der Waals surface area (Å²) in [6.07, 6.45) is 3.18. The van der Waals surface area contributed by atoms with E-state index >= 15 is 0 Å². The van der Waals surface area contributed by atoms with Crippen molar-refractivity contribution in [2.24, 2.45) is 5.10 Å². The summed E-state index contributed by atoms with van der Waals surface area (Å²) in [6, 6.07) is 13.9. The van der Waals surface area contributed by atoms with Gasteiger partial charge >= 0.3 is 0 Å². The van der Waals surface area contributed by atoms with Crippen LogP contribution < -0.4 is 5.43 Å². The van der Waals surface area contributed by atoms with E-state index < -0.39 is 0 Å². The number of hydrazone groups is 1. The van der Waals surface area contributed by atoms with Crippen LogP contribution in [0.15, 0.2) is 62.4 Å². The number of carbonyl (C=O) groups is 1. The quantitative estimate of drug-likeness (QED) is 0.343. The first-order chi connectivity index (χ1) is 13.2. The van der Waals surface area contributed by atoms with Gasteiger partial charge in [-0.1, -0.05) is 70.8 Å². The van der Waals surface area contributed by atoms with E-state index in [1.165, 1.54) is 40.4 Å². The lowest BCUT2D eigenvalue weighted by atomic mass is 10.2. The topological polar surface area (TPSA) is 80.1 Å². The number of benzene rings is 1. The normalized spacial score (nSPS) is 11.0. The third-order valence-corrected chi connectivity index (χ3v) is 6.53. The molecule has 0 radical (unpaired) electrons. The first kappa shape index (κ1) is 19.5. The molecular formula is C18H17N5OS3. The zero-order valence-corrected chi connectivity index (χ0v) is 17.0. The number of nitrogens with zero attached hydrogens (tertiary/aromatic N) is 4. The molecule has 0 saturated carbocycles. The van der Waals surface area contributed by atoms with E-state index in [0.29, 0.717) is 5.69 Å². The molecule has 9 heteroatoms. The number of hydrogen-bond donors (Lipinski definition) is 1. The molecule has 0 saturated heterocycles. The summed E-state index contributed by atoms with van der Waals surface area (Å²) in [6.45, 7) is 2.07. The van der Waals surface area contributed by atoms with E-state index in [9.17, 15) is 4.79 Å². The highest BCUT2D eigenvalue weighted by atomic mass is 32.2. The number of carbonyl (C=O) groups excluding carboxylic acids is 1. The van der Waals surface area contributed by atoms with Crippen molar-refractivity contribution in [3.63, 3.8) is 0 Å². The molecule has 0 aliphatic carbocycles. The van der Waals surface area contributed by atoms with E-state index in [1.54, 1.807) is 24.0 Å². The van der Waals surface area contributed by atoms with Gasteiger partial charge in [0.15, 0.2) is 8.68 Å². The number of pyridine rings is 1. The lowest BCUT2D eigenvalue weighted by Crippen LogP contribution is -2.19. The third-order valence-electron chi connectivity index (χ3n) is 3.27. The molecule has 0 bridgehead atoms. The predicted octanol–water partition coefficient (Wildman–Crippen LogP) is 3.78. The summed E-state index contributed by atoms with van der Waals surface area (Å²) in [5, 5.41) is 12.2. The van der Waals surface area contributed by atoms with Gasteiger partial charge in [0.05, 0.1) is 17.7 Å². The average Bonchev–Trinajstić information content (AvgIpc) is 3.15. The van der Waals surface area contributed by atoms with Crippen LogP contribution in [0.25, 0.3) is 0 Å². The van der Waals surface area contributed by atoms with Gasteiger partial charge in [-0.25, -0.2) is 5.43 Å². The second-order valence-electron chi connectivity index (χ2n) is 5.44. The maximum Gasteiger partial charge on any atom is 0.250 e. The Hall–Kier alpha value is -2.23. The highest BCUT2D eigenvalue weighted by molar-refractivity contribution is 8.03. The van der Waals surface area contributed by atoms with Gasteiger partial charge in [-0.15, -0.1) is 10.2 Å². The number of hydrogen-bond acceptors (Lipinski definition) is 8. The zero-order chi connectivity index (χ0) is 18.9. The van der Waals surface area contributed by atoms with Crippen molar-refractivity contribution in [2.75, 3.05) is 5.75 Å². The monoisotopic (exact) mass is 415 g/mol. The molecular weight excluding hydrogens is 398 g/mol. The van der Waals surface area contributed by atoms with E-state index in [4.69, 9.17) is 0 Å². The molecule has 0 spiro atoms. The molecule has 2 aromatic heterocycles. The molecule has 138 valence electrons. The highest BCUT2D eigenvalue weighted by Gasteiger charge is 2.08. The van der Waals surface area contributed by atoms with E-state index in [-0.39, 0.29) is 11.7 Å². The van der Waals surface area contributed by atoms with Gasteiger partial charge in [0, 0.05) is 11.9 Å². The molecule has 0 aliphatic heterocycles. The Labute approximate surface area is 169 Å². The standard InChI is InChI=1S/C18H17N5OS3/c1-13-5-7-14(8-6-13)11-25-17-22-23-18(27-17)26-12-16(24)21-20-10-15-4-2-3-9-19-15/h2-10H,11-12H2,1H3,(H,21,24)/b20-10+. The van der Waals surface area contributed by atoms with Gasteiger partial charge in [0.2, 0.25) is 0 Å². The fourth-order valence-corrected chi connectivity index (χ4v) is 4.69. The Morgan fingerprint density at radius 2 is 1.93 bits per heavy atom. The summed E-state index contributed by atoms with van der Waals surface area (Å²) in [4.78, 5) is 15.9. The fourth-order valence-electron chi connectivity index (χ4n) is 1.93. The second-order valence-corrected chi connectivity index (χ2v) is 8.87. The molecule has 3 aromatic rings. The van der Waals surface area contributed by atoms with E-state index in [0.717, 1.165) is 14.4 Å². The smallest absolute Gasteiger partial charge is 0.250 e.